The van der Waals surface area contributed by atoms with Crippen LogP contribution in [0.5, 0.6) is 0 Å². The van der Waals surface area contributed by atoms with Crippen molar-refractivity contribution in [3.63, 3.8) is 0 Å². The molecule has 0 N–H and O–H groups in total. The Morgan fingerprint density at radius 1 is 0.923 bits per heavy atom. The van der Waals surface area contributed by atoms with Crippen molar-refractivity contribution in [2.45, 2.75) is 40.5 Å². The van der Waals surface area contributed by atoms with Crippen LogP contribution in [0.3, 0.4) is 0 Å². The van der Waals surface area contributed by atoms with Gasteiger partial charge in [0, 0.05) is 22.4 Å². The van der Waals surface area contributed by atoms with Gasteiger partial charge in [-0.15, -0.1) is 0 Å². The van der Waals surface area contributed by atoms with Crippen LogP contribution >= 0.6 is 0 Å². The molecule has 0 spiro atoms. The lowest BCUT2D eigenvalue weighted by Gasteiger charge is -2.11. The SMILES string of the molecule is [2H]c1cc(C)cc(-n2c3cc(C)ccc3c3ccc(C(C)C)c(C)c32)[n+]1C. The molecular weight excluding hydrogens is 316 g/mol. The van der Waals surface area contributed by atoms with Gasteiger partial charge < -0.3 is 0 Å². The molecule has 0 radical (unpaired) electrons. The molecule has 0 fully saturated rings. The molecule has 2 aromatic heterocycles. The second kappa shape index (κ2) is 5.98. The van der Waals surface area contributed by atoms with Gasteiger partial charge in [-0.1, -0.05) is 26.0 Å². The third-order valence-corrected chi connectivity index (χ3v) is 5.42. The van der Waals surface area contributed by atoms with Gasteiger partial charge in [-0.05, 0) is 67.6 Å². The van der Waals surface area contributed by atoms with Crippen LogP contribution in [0.4, 0.5) is 0 Å². The highest BCUT2D eigenvalue weighted by atomic mass is 15.1. The third kappa shape index (κ3) is 2.44. The van der Waals surface area contributed by atoms with E-state index in [1.54, 1.807) is 0 Å². The Balaban J connectivity index is 2.27. The van der Waals surface area contributed by atoms with Gasteiger partial charge in [0.1, 0.15) is 12.4 Å². The van der Waals surface area contributed by atoms with Gasteiger partial charge >= 0.3 is 0 Å². The van der Waals surface area contributed by atoms with E-state index in [0.29, 0.717) is 12.1 Å². The lowest BCUT2D eigenvalue weighted by atomic mass is 9.95. The number of rotatable bonds is 2. The van der Waals surface area contributed by atoms with E-state index in [2.05, 4.69) is 75.6 Å². The van der Waals surface area contributed by atoms with Crippen LogP contribution in [0.15, 0.2) is 48.6 Å². The Bertz CT molecular complexity index is 1200. The molecule has 0 atom stereocenters. The maximum absolute atomic E-state index is 8.38. The van der Waals surface area contributed by atoms with E-state index in [0.717, 1.165) is 11.4 Å². The van der Waals surface area contributed by atoms with E-state index in [4.69, 9.17) is 1.37 Å². The average Bonchev–Trinajstić information content (AvgIpc) is 2.92. The van der Waals surface area contributed by atoms with Crippen molar-refractivity contribution in [2.75, 3.05) is 0 Å². The number of aryl methyl sites for hydroxylation is 3. The van der Waals surface area contributed by atoms with Crippen molar-refractivity contribution in [3.8, 4) is 5.82 Å². The molecule has 4 aromatic rings. The predicted octanol–water partition coefficient (Wildman–Crippen LogP) is 5.66. The van der Waals surface area contributed by atoms with Crippen LogP contribution in [0.1, 0.15) is 43.4 Å². The van der Waals surface area contributed by atoms with E-state index in [1.807, 2.05) is 17.7 Å². The minimum absolute atomic E-state index is 0.473. The summed E-state index contributed by atoms with van der Waals surface area (Å²) in [6.07, 6.45) is 0.519. The first-order valence-electron chi connectivity index (χ1n) is 9.81. The topological polar surface area (TPSA) is 8.81 Å². The maximum Gasteiger partial charge on any atom is 0.286 e. The zero-order valence-corrected chi connectivity index (χ0v) is 16.5. The molecule has 0 amide bonds. The first-order valence-corrected chi connectivity index (χ1v) is 9.31. The van der Waals surface area contributed by atoms with Crippen molar-refractivity contribution >= 4 is 21.8 Å². The molecule has 2 heterocycles. The Labute approximate surface area is 157 Å². The maximum atomic E-state index is 8.38. The van der Waals surface area contributed by atoms with Gasteiger partial charge in [-0.3, -0.25) is 0 Å². The lowest BCUT2D eigenvalue weighted by Crippen LogP contribution is -2.33. The van der Waals surface area contributed by atoms with E-state index in [1.165, 1.54) is 38.5 Å². The quantitative estimate of drug-likeness (QED) is 0.415. The smallest absolute Gasteiger partial charge is 0.237 e. The molecule has 132 valence electrons. The Morgan fingerprint density at radius 3 is 2.35 bits per heavy atom. The standard InChI is InChI=1S/C24H27N2/c1-15(2)19-9-10-21-20-8-7-16(3)13-22(20)26(24(21)18(19)5)23-14-17(4)11-12-25(23)6/h7-15H,1-6H3/q+1/i12D. The second-order valence-electron chi connectivity index (χ2n) is 7.77. The van der Waals surface area contributed by atoms with Crippen LogP contribution in [0, 0.1) is 20.8 Å². The number of hydrogen-bond donors (Lipinski definition) is 0. The van der Waals surface area contributed by atoms with Crippen molar-refractivity contribution < 1.29 is 5.94 Å². The normalized spacial score (nSPS) is 12.3. The van der Waals surface area contributed by atoms with Crippen molar-refractivity contribution in [2.24, 2.45) is 7.05 Å². The minimum Gasteiger partial charge on any atom is -0.237 e. The molecule has 2 nitrogen and oxygen atoms in total. The summed E-state index contributed by atoms with van der Waals surface area (Å²) in [5.74, 6) is 1.51. The van der Waals surface area contributed by atoms with E-state index in [-0.39, 0.29) is 0 Å². The summed E-state index contributed by atoms with van der Waals surface area (Å²) >= 11 is 0. The first kappa shape index (κ1) is 15.6. The Kier molecular flexibility index (Phi) is 3.59. The fraction of sp³-hybridized carbons (Fsp3) is 0.292. The van der Waals surface area contributed by atoms with Gasteiger partial charge in [0.25, 0.3) is 5.82 Å². The zero-order chi connectivity index (χ0) is 19.5. The zero-order valence-electron chi connectivity index (χ0n) is 17.5. The molecule has 2 heteroatoms. The van der Waals surface area contributed by atoms with Crippen LogP contribution in [-0.4, -0.2) is 4.57 Å². The summed E-state index contributed by atoms with van der Waals surface area (Å²) in [6, 6.07) is 15.3. The molecule has 26 heavy (non-hydrogen) atoms. The fourth-order valence-electron chi connectivity index (χ4n) is 4.08. The van der Waals surface area contributed by atoms with Crippen LogP contribution in [0.25, 0.3) is 27.6 Å². The van der Waals surface area contributed by atoms with Crippen molar-refractivity contribution in [1.29, 1.82) is 0 Å². The Morgan fingerprint density at radius 2 is 1.62 bits per heavy atom. The van der Waals surface area contributed by atoms with E-state index < -0.39 is 0 Å². The summed E-state index contributed by atoms with van der Waals surface area (Å²) in [6.45, 7) is 10.9. The van der Waals surface area contributed by atoms with E-state index in [9.17, 15) is 0 Å². The van der Waals surface area contributed by atoms with Crippen LogP contribution in [-0.2, 0) is 7.05 Å². The molecule has 0 aliphatic heterocycles. The summed E-state index contributed by atoms with van der Waals surface area (Å²) in [5.41, 5.74) is 7.51. The van der Waals surface area contributed by atoms with Crippen LogP contribution < -0.4 is 4.57 Å². The molecule has 0 aliphatic carbocycles. The highest BCUT2D eigenvalue weighted by Gasteiger charge is 2.24. The third-order valence-electron chi connectivity index (χ3n) is 5.42. The fourth-order valence-corrected chi connectivity index (χ4v) is 4.08. The highest BCUT2D eigenvalue weighted by molar-refractivity contribution is 6.10. The van der Waals surface area contributed by atoms with Gasteiger partial charge in [-0.25, -0.2) is 4.57 Å². The number of nitrogens with zero attached hydrogens (tertiary/aromatic N) is 2. The first-order chi connectivity index (χ1) is 12.8. The van der Waals surface area contributed by atoms with Crippen molar-refractivity contribution in [3.05, 3.63) is 70.9 Å². The monoisotopic (exact) mass is 344 g/mol. The largest absolute Gasteiger partial charge is 0.286 e. The number of hydrogen-bond acceptors (Lipinski definition) is 0. The molecule has 0 aliphatic rings. The molecule has 0 bridgehead atoms. The molecule has 2 aromatic carbocycles. The average molecular weight is 345 g/mol. The van der Waals surface area contributed by atoms with Crippen LogP contribution in [0.2, 0.25) is 0 Å². The minimum atomic E-state index is 0.473. The van der Waals surface area contributed by atoms with Gasteiger partial charge in [0.2, 0.25) is 0 Å². The van der Waals surface area contributed by atoms with Gasteiger partial charge in [0.05, 0.1) is 13.2 Å². The summed E-state index contributed by atoms with van der Waals surface area (Å²) in [4.78, 5) is 0. The summed E-state index contributed by atoms with van der Waals surface area (Å²) in [7, 11) is 1.98. The number of benzene rings is 2. The molecular formula is C24H27N2+. The van der Waals surface area contributed by atoms with Gasteiger partial charge in [0.15, 0.2) is 0 Å². The molecule has 0 saturated heterocycles. The number of fused-ring (bicyclic) bond motifs is 3. The lowest BCUT2D eigenvalue weighted by molar-refractivity contribution is -0.665. The van der Waals surface area contributed by atoms with Crippen molar-refractivity contribution in [1.82, 2.24) is 4.57 Å². The second-order valence-corrected chi connectivity index (χ2v) is 7.77. The molecule has 0 saturated carbocycles. The summed E-state index contributed by atoms with van der Waals surface area (Å²) < 4.78 is 12.7. The predicted molar refractivity (Wildman–Crippen MR) is 110 cm³/mol. The number of aromatic nitrogens is 2. The number of pyridine rings is 1. The summed E-state index contributed by atoms with van der Waals surface area (Å²) in [5, 5.41) is 2.54. The Hall–Kier alpha value is -2.61. The molecule has 0 unspecified atom stereocenters. The van der Waals surface area contributed by atoms with Gasteiger partial charge in [-0.2, -0.15) is 4.57 Å². The van der Waals surface area contributed by atoms with E-state index >= 15 is 0 Å². The molecule has 4 rings (SSSR count). The highest BCUT2D eigenvalue weighted by Crippen LogP contribution is 2.36.